The van der Waals surface area contributed by atoms with Crippen LogP contribution in [0.1, 0.15) is 23.7 Å². The van der Waals surface area contributed by atoms with Gasteiger partial charge in [0.15, 0.2) is 5.78 Å². The second-order valence-corrected chi connectivity index (χ2v) is 4.65. The average molecular weight is 308 g/mol. The number of rotatable bonds is 5. The number of carbonyl (C=O) groups is 2. The van der Waals surface area contributed by atoms with Crippen LogP contribution in [0.2, 0.25) is 5.02 Å². The van der Waals surface area contributed by atoms with Gasteiger partial charge in [-0.25, -0.2) is 0 Å². The van der Waals surface area contributed by atoms with Crippen molar-refractivity contribution in [3.05, 3.63) is 35.0 Å². The van der Waals surface area contributed by atoms with Crippen LogP contribution in [0.3, 0.4) is 0 Å². The summed E-state index contributed by atoms with van der Waals surface area (Å²) in [7, 11) is 1.54. The van der Waals surface area contributed by atoms with Crippen molar-refractivity contribution in [3.8, 4) is 5.75 Å². The van der Waals surface area contributed by atoms with Crippen molar-refractivity contribution < 1.29 is 19.1 Å². The Morgan fingerprint density at radius 2 is 2.10 bits per heavy atom. The molecular weight excluding hydrogens is 294 g/mol. The minimum absolute atomic E-state index is 0.200. The average Bonchev–Trinajstić information content (AvgIpc) is 2.47. The lowest BCUT2D eigenvalue weighted by atomic mass is 10.1. The van der Waals surface area contributed by atoms with Crippen LogP contribution >= 0.6 is 11.6 Å². The van der Waals surface area contributed by atoms with E-state index in [1.807, 2.05) is 0 Å². The van der Waals surface area contributed by atoms with Gasteiger partial charge in [-0.15, -0.1) is 0 Å². The lowest BCUT2D eigenvalue weighted by Crippen LogP contribution is -2.12. The van der Waals surface area contributed by atoms with E-state index in [4.69, 9.17) is 21.1 Å². The van der Waals surface area contributed by atoms with Crippen LogP contribution in [0, 0.1) is 0 Å². The second-order valence-electron chi connectivity index (χ2n) is 4.27. The summed E-state index contributed by atoms with van der Waals surface area (Å²) in [6, 6.07) is 5.21. The molecule has 0 aliphatic heterocycles. The Kier molecular flexibility index (Phi) is 4.75. The SMILES string of the molecule is CCOC(=O)CC(=O)c1cnc2ccc(OC)cc2c1Cl. The number of methoxy groups -OCH3 is 1. The number of halogens is 1. The Balaban J connectivity index is 2.38. The summed E-state index contributed by atoms with van der Waals surface area (Å²) in [6.07, 6.45) is 1.02. The van der Waals surface area contributed by atoms with Crippen molar-refractivity contribution in [2.24, 2.45) is 0 Å². The monoisotopic (exact) mass is 307 g/mol. The van der Waals surface area contributed by atoms with E-state index in [1.54, 1.807) is 25.1 Å². The van der Waals surface area contributed by atoms with Crippen molar-refractivity contribution in [3.63, 3.8) is 0 Å². The standard InChI is InChI=1S/C15H14ClNO4/c1-3-21-14(19)7-13(18)11-8-17-12-5-4-9(20-2)6-10(12)15(11)16/h4-6,8H,3,7H2,1-2H3. The van der Waals surface area contributed by atoms with Crippen molar-refractivity contribution in [1.82, 2.24) is 4.98 Å². The molecule has 6 heteroatoms. The Bertz CT molecular complexity index is 699. The van der Waals surface area contributed by atoms with E-state index in [0.29, 0.717) is 16.7 Å². The molecule has 0 fully saturated rings. The number of pyridine rings is 1. The van der Waals surface area contributed by atoms with Crippen LogP contribution in [0.5, 0.6) is 5.75 Å². The van der Waals surface area contributed by atoms with Gasteiger partial charge >= 0.3 is 5.97 Å². The molecule has 110 valence electrons. The number of carbonyl (C=O) groups excluding carboxylic acids is 2. The van der Waals surface area contributed by atoms with E-state index < -0.39 is 11.8 Å². The fourth-order valence-electron chi connectivity index (χ4n) is 1.90. The minimum atomic E-state index is -0.579. The molecule has 1 aromatic heterocycles. The number of Topliss-reactive ketones (excluding diaryl/α,β-unsaturated/α-hetero) is 1. The van der Waals surface area contributed by atoms with E-state index >= 15 is 0 Å². The molecule has 0 unspecified atom stereocenters. The van der Waals surface area contributed by atoms with Crippen LogP contribution in [-0.2, 0) is 9.53 Å². The van der Waals surface area contributed by atoms with E-state index in [-0.39, 0.29) is 23.6 Å². The highest BCUT2D eigenvalue weighted by molar-refractivity contribution is 6.38. The summed E-state index contributed by atoms with van der Waals surface area (Å²) < 4.78 is 9.88. The first kappa shape index (κ1) is 15.3. The predicted molar refractivity (Wildman–Crippen MR) is 78.9 cm³/mol. The zero-order chi connectivity index (χ0) is 15.4. The number of benzene rings is 1. The summed E-state index contributed by atoms with van der Waals surface area (Å²) in [6.45, 7) is 1.91. The number of ketones is 1. The maximum absolute atomic E-state index is 12.1. The quantitative estimate of drug-likeness (QED) is 0.482. The minimum Gasteiger partial charge on any atom is -0.497 e. The van der Waals surface area contributed by atoms with Crippen molar-refractivity contribution >= 4 is 34.3 Å². The molecule has 2 rings (SSSR count). The van der Waals surface area contributed by atoms with Gasteiger partial charge in [-0.2, -0.15) is 0 Å². The number of ether oxygens (including phenoxy) is 2. The van der Waals surface area contributed by atoms with E-state index in [1.165, 1.54) is 13.3 Å². The van der Waals surface area contributed by atoms with Gasteiger partial charge in [0, 0.05) is 11.6 Å². The van der Waals surface area contributed by atoms with Gasteiger partial charge in [0.1, 0.15) is 12.2 Å². The number of hydrogen-bond acceptors (Lipinski definition) is 5. The van der Waals surface area contributed by atoms with Crippen molar-refractivity contribution in [2.75, 3.05) is 13.7 Å². The molecule has 0 atom stereocenters. The molecule has 21 heavy (non-hydrogen) atoms. The highest BCUT2D eigenvalue weighted by Crippen LogP contribution is 2.29. The zero-order valence-corrected chi connectivity index (χ0v) is 12.4. The molecular formula is C15H14ClNO4. The number of hydrogen-bond donors (Lipinski definition) is 0. The maximum atomic E-state index is 12.1. The maximum Gasteiger partial charge on any atom is 0.313 e. The highest BCUT2D eigenvalue weighted by Gasteiger charge is 2.18. The van der Waals surface area contributed by atoms with Gasteiger partial charge in [-0.3, -0.25) is 14.6 Å². The van der Waals surface area contributed by atoms with Crippen LogP contribution in [0.25, 0.3) is 10.9 Å². The van der Waals surface area contributed by atoms with Gasteiger partial charge < -0.3 is 9.47 Å². The Morgan fingerprint density at radius 1 is 1.33 bits per heavy atom. The van der Waals surface area contributed by atoms with Gasteiger partial charge in [-0.05, 0) is 25.1 Å². The zero-order valence-electron chi connectivity index (χ0n) is 11.7. The first-order valence-electron chi connectivity index (χ1n) is 6.38. The van der Waals surface area contributed by atoms with Crippen LogP contribution < -0.4 is 4.74 Å². The van der Waals surface area contributed by atoms with Crippen molar-refractivity contribution in [1.29, 1.82) is 0 Å². The molecule has 0 saturated carbocycles. The molecule has 0 radical (unpaired) electrons. The van der Waals surface area contributed by atoms with Crippen LogP contribution in [0.4, 0.5) is 0 Å². The Hall–Kier alpha value is -2.14. The summed E-state index contributed by atoms with van der Waals surface area (Å²) in [5.74, 6) is -0.388. The van der Waals surface area contributed by atoms with Gasteiger partial charge in [0.05, 0.1) is 29.8 Å². The third-order valence-electron chi connectivity index (χ3n) is 2.92. The van der Waals surface area contributed by atoms with E-state index in [9.17, 15) is 9.59 Å². The van der Waals surface area contributed by atoms with Gasteiger partial charge in [0.2, 0.25) is 0 Å². The van der Waals surface area contributed by atoms with Crippen LogP contribution in [-0.4, -0.2) is 30.5 Å². The third-order valence-corrected chi connectivity index (χ3v) is 3.33. The van der Waals surface area contributed by atoms with Crippen LogP contribution in [0.15, 0.2) is 24.4 Å². The topological polar surface area (TPSA) is 65.5 Å². The van der Waals surface area contributed by atoms with Gasteiger partial charge in [-0.1, -0.05) is 11.6 Å². The molecule has 0 N–H and O–H groups in total. The summed E-state index contributed by atoms with van der Waals surface area (Å²) in [5, 5.41) is 0.860. The molecule has 5 nitrogen and oxygen atoms in total. The normalized spacial score (nSPS) is 10.4. The number of aromatic nitrogens is 1. The fraction of sp³-hybridized carbons (Fsp3) is 0.267. The first-order chi connectivity index (χ1) is 10.1. The molecule has 2 aromatic rings. The number of fused-ring (bicyclic) bond motifs is 1. The lowest BCUT2D eigenvalue weighted by molar-refractivity contribution is -0.141. The smallest absolute Gasteiger partial charge is 0.313 e. The Morgan fingerprint density at radius 3 is 2.76 bits per heavy atom. The van der Waals surface area contributed by atoms with E-state index in [0.717, 1.165) is 0 Å². The van der Waals surface area contributed by atoms with Crippen molar-refractivity contribution in [2.45, 2.75) is 13.3 Å². The first-order valence-corrected chi connectivity index (χ1v) is 6.75. The van der Waals surface area contributed by atoms with E-state index in [2.05, 4.69) is 4.98 Å². The molecule has 1 aromatic carbocycles. The predicted octanol–water partition coefficient (Wildman–Crippen LogP) is 3.03. The number of nitrogens with zero attached hydrogens (tertiary/aromatic N) is 1. The molecule has 0 saturated heterocycles. The second kappa shape index (κ2) is 6.54. The lowest BCUT2D eigenvalue weighted by Gasteiger charge is -2.08. The molecule has 0 aliphatic rings. The Labute approximate surface area is 126 Å². The summed E-state index contributed by atoms with van der Waals surface area (Å²) in [4.78, 5) is 27.6. The molecule has 0 bridgehead atoms. The largest absolute Gasteiger partial charge is 0.497 e. The molecule has 1 heterocycles. The fourth-order valence-corrected chi connectivity index (χ4v) is 2.20. The number of esters is 1. The summed E-state index contributed by atoms with van der Waals surface area (Å²) >= 11 is 6.26. The molecule has 0 aliphatic carbocycles. The summed E-state index contributed by atoms with van der Waals surface area (Å²) in [5.41, 5.74) is 0.846. The highest BCUT2D eigenvalue weighted by atomic mass is 35.5. The molecule has 0 spiro atoms. The van der Waals surface area contributed by atoms with Gasteiger partial charge in [0.25, 0.3) is 0 Å². The third kappa shape index (κ3) is 3.31. The molecule has 0 amide bonds.